The molecule has 2 nitrogen and oxygen atoms in total. The lowest BCUT2D eigenvalue weighted by molar-refractivity contribution is 0.0532. The second kappa shape index (κ2) is 5.66. The number of carbonyl (C=O) groups is 1. The first-order valence-electron chi connectivity index (χ1n) is 6.64. The van der Waals surface area contributed by atoms with Crippen LogP contribution in [0.5, 0.6) is 0 Å². The Kier molecular flexibility index (Phi) is 3.71. The zero-order valence-corrected chi connectivity index (χ0v) is 12.2. The average molecular weight is 300 g/mol. The number of rotatable bonds is 3. The molecule has 3 rings (SSSR count). The largest absolute Gasteiger partial charge is 0.462 e. The molecule has 1 aromatic heterocycles. The molecule has 0 spiro atoms. The molecule has 0 atom stereocenters. The van der Waals surface area contributed by atoms with E-state index in [-0.39, 0.29) is 11.8 Å². The van der Waals surface area contributed by atoms with Gasteiger partial charge in [-0.2, -0.15) is 0 Å². The summed E-state index contributed by atoms with van der Waals surface area (Å²) in [5, 5.41) is 0.991. The Labute approximate surface area is 125 Å². The zero-order chi connectivity index (χ0) is 14.8. The Morgan fingerprint density at radius 2 is 1.81 bits per heavy atom. The van der Waals surface area contributed by atoms with E-state index in [1.165, 1.54) is 23.5 Å². The van der Waals surface area contributed by atoms with Crippen LogP contribution in [0.25, 0.3) is 21.2 Å². The highest BCUT2D eigenvalue weighted by molar-refractivity contribution is 7.20. The van der Waals surface area contributed by atoms with Gasteiger partial charge in [0.15, 0.2) is 0 Å². The van der Waals surface area contributed by atoms with Crippen LogP contribution in [0.3, 0.4) is 0 Å². The van der Waals surface area contributed by atoms with Crippen molar-refractivity contribution in [1.82, 2.24) is 0 Å². The van der Waals surface area contributed by atoms with E-state index in [0.29, 0.717) is 11.5 Å². The molecule has 3 aromatic rings. The summed E-state index contributed by atoms with van der Waals surface area (Å²) in [5.41, 5.74) is 1.94. The van der Waals surface area contributed by atoms with Crippen molar-refractivity contribution < 1.29 is 13.9 Å². The number of carbonyl (C=O) groups excluding carboxylic acids is 1. The van der Waals surface area contributed by atoms with Crippen molar-refractivity contribution in [2.75, 3.05) is 6.61 Å². The van der Waals surface area contributed by atoms with Crippen LogP contribution in [0.15, 0.2) is 48.5 Å². The van der Waals surface area contributed by atoms with E-state index in [2.05, 4.69) is 0 Å². The van der Waals surface area contributed by atoms with Gasteiger partial charge in [0.05, 0.1) is 6.61 Å². The van der Waals surface area contributed by atoms with E-state index >= 15 is 0 Å². The van der Waals surface area contributed by atoms with E-state index in [1.54, 1.807) is 19.1 Å². The maximum atomic E-state index is 13.0. The maximum Gasteiger partial charge on any atom is 0.348 e. The molecule has 0 unspecified atom stereocenters. The Balaban J connectivity index is 2.00. The fourth-order valence-electron chi connectivity index (χ4n) is 2.17. The Hall–Kier alpha value is -2.20. The molecule has 106 valence electrons. The molecule has 0 bridgehead atoms. The normalized spacial score (nSPS) is 10.8. The number of esters is 1. The van der Waals surface area contributed by atoms with Crippen LogP contribution in [0.1, 0.15) is 16.6 Å². The van der Waals surface area contributed by atoms with Gasteiger partial charge in [-0.25, -0.2) is 9.18 Å². The molecule has 0 aliphatic heterocycles. The van der Waals surface area contributed by atoms with Gasteiger partial charge in [0.25, 0.3) is 0 Å². The topological polar surface area (TPSA) is 26.3 Å². The number of fused-ring (bicyclic) bond motifs is 1. The van der Waals surface area contributed by atoms with Gasteiger partial charge in [0.1, 0.15) is 10.7 Å². The lowest BCUT2D eigenvalue weighted by atomic mass is 10.0. The molecule has 2 aromatic carbocycles. The quantitative estimate of drug-likeness (QED) is 0.644. The predicted molar refractivity (Wildman–Crippen MR) is 83.2 cm³/mol. The molecule has 0 amide bonds. The van der Waals surface area contributed by atoms with Crippen LogP contribution >= 0.6 is 11.3 Å². The Morgan fingerprint density at radius 3 is 2.52 bits per heavy atom. The van der Waals surface area contributed by atoms with Crippen LogP contribution in [0.4, 0.5) is 4.39 Å². The fourth-order valence-corrected chi connectivity index (χ4v) is 3.10. The van der Waals surface area contributed by atoms with Crippen molar-refractivity contribution >= 4 is 27.4 Å². The van der Waals surface area contributed by atoms with Crippen molar-refractivity contribution in [1.29, 1.82) is 0 Å². The van der Waals surface area contributed by atoms with Crippen LogP contribution in [0, 0.1) is 5.82 Å². The summed E-state index contributed by atoms with van der Waals surface area (Å²) in [7, 11) is 0. The summed E-state index contributed by atoms with van der Waals surface area (Å²) in [4.78, 5) is 12.4. The van der Waals surface area contributed by atoms with Gasteiger partial charge in [0, 0.05) is 4.70 Å². The van der Waals surface area contributed by atoms with E-state index in [4.69, 9.17) is 4.74 Å². The summed E-state index contributed by atoms with van der Waals surface area (Å²) >= 11 is 1.42. The number of ether oxygens (including phenoxy) is 1. The Bertz CT molecular complexity index is 790. The first-order valence-corrected chi connectivity index (χ1v) is 7.45. The summed E-state index contributed by atoms with van der Waals surface area (Å²) in [6.45, 7) is 2.16. The number of hydrogen-bond acceptors (Lipinski definition) is 3. The molecule has 0 radical (unpaired) electrons. The van der Waals surface area contributed by atoms with Crippen LogP contribution in [-0.4, -0.2) is 12.6 Å². The molecule has 0 N–H and O–H groups in total. The standard InChI is InChI=1S/C17H13FO2S/c1-2-20-17(19)16-10-13-9-12(5-8-15(13)21-16)11-3-6-14(18)7-4-11/h3-10H,2H2,1H3. The van der Waals surface area contributed by atoms with Crippen LogP contribution in [-0.2, 0) is 4.74 Å². The molecule has 0 saturated heterocycles. The minimum atomic E-state index is -0.290. The average Bonchev–Trinajstić information content (AvgIpc) is 2.91. The molecule has 21 heavy (non-hydrogen) atoms. The van der Waals surface area contributed by atoms with Gasteiger partial charge >= 0.3 is 5.97 Å². The van der Waals surface area contributed by atoms with Crippen molar-refractivity contribution in [3.63, 3.8) is 0 Å². The number of thiophene rings is 1. The zero-order valence-electron chi connectivity index (χ0n) is 11.4. The third-order valence-electron chi connectivity index (χ3n) is 3.17. The predicted octanol–water partition coefficient (Wildman–Crippen LogP) is 4.88. The van der Waals surface area contributed by atoms with E-state index < -0.39 is 0 Å². The second-order valence-electron chi connectivity index (χ2n) is 4.59. The SMILES string of the molecule is CCOC(=O)c1cc2cc(-c3ccc(F)cc3)ccc2s1. The Morgan fingerprint density at radius 1 is 1.10 bits per heavy atom. The molecule has 0 fully saturated rings. The molecular formula is C17H13FO2S. The summed E-state index contributed by atoms with van der Waals surface area (Å²) < 4.78 is 19.0. The lowest BCUT2D eigenvalue weighted by Gasteiger charge is -2.01. The van der Waals surface area contributed by atoms with Gasteiger partial charge < -0.3 is 4.74 Å². The first kappa shape index (κ1) is 13.8. The van der Waals surface area contributed by atoms with Gasteiger partial charge in [0.2, 0.25) is 0 Å². The van der Waals surface area contributed by atoms with Crippen LogP contribution in [0.2, 0.25) is 0 Å². The second-order valence-corrected chi connectivity index (χ2v) is 5.67. The minimum absolute atomic E-state index is 0.250. The van der Waals surface area contributed by atoms with Crippen molar-refractivity contribution in [2.45, 2.75) is 6.92 Å². The molecule has 0 aliphatic rings. The first-order chi connectivity index (χ1) is 10.2. The summed E-state index contributed by atoms with van der Waals surface area (Å²) in [6, 6.07) is 14.2. The van der Waals surface area contributed by atoms with Crippen molar-refractivity contribution in [3.05, 3.63) is 59.2 Å². The van der Waals surface area contributed by atoms with E-state index in [1.807, 2.05) is 24.3 Å². The maximum absolute atomic E-state index is 13.0. The van der Waals surface area contributed by atoms with Gasteiger partial charge in [-0.3, -0.25) is 0 Å². The summed E-state index contributed by atoms with van der Waals surface area (Å²) in [6.07, 6.45) is 0. The van der Waals surface area contributed by atoms with Crippen molar-refractivity contribution in [2.24, 2.45) is 0 Å². The fraction of sp³-hybridized carbons (Fsp3) is 0.118. The molecular weight excluding hydrogens is 287 g/mol. The monoisotopic (exact) mass is 300 g/mol. The van der Waals surface area contributed by atoms with Gasteiger partial charge in [-0.05, 0) is 53.8 Å². The number of hydrogen-bond donors (Lipinski definition) is 0. The third kappa shape index (κ3) is 2.81. The third-order valence-corrected chi connectivity index (χ3v) is 4.27. The highest BCUT2D eigenvalue weighted by atomic mass is 32.1. The molecule has 4 heteroatoms. The molecule has 0 saturated carbocycles. The van der Waals surface area contributed by atoms with Gasteiger partial charge in [-0.1, -0.05) is 18.2 Å². The van der Waals surface area contributed by atoms with E-state index in [9.17, 15) is 9.18 Å². The smallest absolute Gasteiger partial charge is 0.348 e. The van der Waals surface area contributed by atoms with Gasteiger partial charge in [-0.15, -0.1) is 11.3 Å². The summed E-state index contributed by atoms with van der Waals surface area (Å²) in [5.74, 6) is -0.540. The lowest BCUT2D eigenvalue weighted by Crippen LogP contribution is -2.01. The molecule has 1 heterocycles. The van der Waals surface area contributed by atoms with Crippen molar-refractivity contribution in [3.8, 4) is 11.1 Å². The highest BCUT2D eigenvalue weighted by Crippen LogP contribution is 2.30. The number of benzene rings is 2. The number of halogens is 1. The van der Waals surface area contributed by atoms with E-state index in [0.717, 1.165) is 21.2 Å². The molecule has 0 aliphatic carbocycles. The van der Waals surface area contributed by atoms with Crippen LogP contribution < -0.4 is 0 Å². The highest BCUT2D eigenvalue weighted by Gasteiger charge is 2.11. The minimum Gasteiger partial charge on any atom is -0.462 e.